The molecule has 0 aromatic heterocycles. The molecule has 9 heteroatoms. The predicted octanol–water partition coefficient (Wildman–Crippen LogP) is 3.05. The van der Waals surface area contributed by atoms with Gasteiger partial charge in [-0.15, -0.1) is 0 Å². The molecule has 2 rings (SSSR count). The molecule has 2 N–H and O–H groups in total. The van der Waals surface area contributed by atoms with E-state index in [4.69, 9.17) is 0 Å². The van der Waals surface area contributed by atoms with Crippen LogP contribution in [0.5, 0.6) is 5.75 Å². The van der Waals surface area contributed by atoms with Gasteiger partial charge < -0.3 is 10.1 Å². The summed E-state index contributed by atoms with van der Waals surface area (Å²) >= 11 is 0. The first-order valence-electron chi connectivity index (χ1n) is 6.71. The molecule has 0 fully saturated rings. The van der Waals surface area contributed by atoms with Crippen LogP contribution in [0.1, 0.15) is 6.92 Å². The van der Waals surface area contributed by atoms with Crippen molar-refractivity contribution < 1.29 is 26.7 Å². The molecule has 2 aromatic rings. The van der Waals surface area contributed by atoms with E-state index < -0.39 is 16.6 Å². The van der Waals surface area contributed by atoms with E-state index in [1.165, 1.54) is 55.5 Å². The summed E-state index contributed by atoms with van der Waals surface area (Å²) in [5.41, 5.74) is 0.664. The fourth-order valence-corrected chi connectivity index (χ4v) is 2.90. The molecule has 6 nitrogen and oxygen atoms in total. The number of amides is 1. The van der Waals surface area contributed by atoms with Crippen molar-refractivity contribution in [1.29, 1.82) is 0 Å². The van der Waals surface area contributed by atoms with E-state index in [1.807, 2.05) is 0 Å². The van der Waals surface area contributed by atoms with E-state index in [0.29, 0.717) is 5.69 Å². The molecule has 0 aliphatic heterocycles. The van der Waals surface area contributed by atoms with Gasteiger partial charge in [-0.1, -0.05) is 0 Å². The second-order valence-corrected chi connectivity index (χ2v) is 6.40. The zero-order valence-electron chi connectivity index (χ0n) is 12.5. The molecule has 0 bridgehead atoms. The second-order valence-electron chi connectivity index (χ2n) is 4.71. The summed E-state index contributed by atoms with van der Waals surface area (Å²) in [5, 5.41) is 2.53. The summed E-state index contributed by atoms with van der Waals surface area (Å²) in [4.78, 5) is 10.9. The molecule has 0 aliphatic rings. The maximum absolute atomic E-state index is 12.2. The molecule has 128 valence electrons. The van der Waals surface area contributed by atoms with Crippen LogP contribution in [0.15, 0.2) is 53.4 Å². The first kappa shape index (κ1) is 17.7. The molecule has 0 aliphatic carbocycles. The molecular weight excluding hydrogens is 342 g/mol. The van der Waals surface area contributed by atoms with Crippen molar-refractivity contribution >= 4 is 27.3 Å². The van der Waals surface area contributed by atoms with Gasteiger partial charge in [0.25, 0.3) is 10.0 Å². The van der Waals surface area contributed by atoms with Crippen molar-refractivity contribution in [2.45, 2.75) is 18.4 Å². The minimum absolute atomic E-state index is 0.00971. The number of hydrogen-bond donors (Lipinski definition) is 2. The number of hydrogen-bond acceptors (Lipinski definition) is 4. The Hall–Kier alpha value is -2.68. The van der Waals surface area contributed by atoms with Crippen LogP contribution in [-0.4, -0.2) is 20.9 Å². The average Bonchev–Trinajstić information content (AvgIpc) is 2.48. The highest BCUT2D eigenvalue weighted by Gasteiger charge is 2.14. The van der Waals surface area contributed by atoms with Gasteiger partial charge in [-0.3, -0.25) is 9.52 Å². The zero-order valence-corrected chi connectivity index (χ0v) is 13.3. The summed E-state index contributed by atoms with van der Waals surface area (Å²) in [6.07, 6.45) is 0. The van der Waals surface area contributed by atoms with Crippen LogP contribution in [0.4, 0.5) is 20.2 Å². The van der Waals surface area contributed by atoms with Crippen molar-refractivity contribution in [3.05, 3.63) is 48.5 Å². The maximum Gasteiger partial charge on any atom is 0.387 e. The monoisotopic (exact) mass is 356 g/mol. The minimum atomic E-state index is -3.85. The van der Waals surface area contributed by atoms with Crippen LogP contribution in [0.3, 0.4) is 0 Å². The molecule has 2 aromatic carbocycles. The Morgan fingerprint density at radius 1 is 1.00 bits per heavy atom. The highest BCUT2D eigenvalue weighted by Crippen LogP contribution is 2.21. The van der Waals surface area contributed by atoms with Gasteiger partial charge >= 0.3 is 6.61 Å². The molecule has 1 amide bonds. The number of sulfonamides is 1. The quantitative estimate of drug-likeness (QED) is 0.833. The fraction of sp³-hybridized carbons (Fsp3) is 0.133. The maximum atomic E-state index is 12.2. The van der Waals surface area contributed by atoms with E-state index in [1.54, 1.807) is 0 Å². The van der Waals surface area contributed by atoms with Gasteiger partial charge in [0, 0.05) is 18.3 Å². The number of halogens is 2. The Labute approximate surface area is 137 Å². The molecule has 0 saturated carbocycles. The summed E-state index contributed by atoms with van der Waals surface area (Å²) < 4.78 is 55.1. The van der Waals surface area contributed by atoms with E-state index in [0.717, 1.165) is 0 Å². The average molecular weight is 356 g/mol. The lowest BCUT2D eigenvalue weighted by atomic mass is 10.3. The van der Waals surface area contributed by atoms with Gasteiger partial charge in [-0.05, 0) is 48.5 Å². The third-order valence-corrected chi connectivity index (χ3v) is 4.21. The summed E-state index contributed by atoms with van der Waals surface area (Å²) in [6.45, 7) is -1.61. The van der Waals surface area contributed by atoms with Crippen LogP contribution < -0.4 is 14.8 Å². The number of benzene rings is 2. The molecule has 0 saturated heterocycles. The molecule has 0 heterocycles. The van der Waals surface area contributed by atoms with E-state index in [-0.39, 0.29) is 22.2 Å². The van der Waals surface area contributed by atoms with Crippen LogP contribution in [0.2, 0.25) is 0 Å². The Bertz CT molecular complexity index is 806. The number of ether oxygens (including phenoxy) is 1. The Kier molecular flexibility index (Phi) is 5.35. The summed E-state index contributed by atoms with van der Waals surface area (Å²) in [6, 6.07) is 10.6. The van der Waals surface area contributed by atoms with Gasteiger partial charge in [0.2, 0.25) is 5.91 Å². The first-order chi connectivity index (χ1) is 11.3. The third kappa shape index (κ3) is 4.92. The van der Waals surface area contributed by atoms with Crippen LogP contribution >= 0.6 is 0 Å². The van der Waals surface area contributed by atoms with Gasteiger partial charge in [-0.2, -0.15) is 8.78 Å². The fourth-order valence-electron chi connectivity index (χ4n) is 1.84. The lowest BCUT2D eigenvalue weighted by Crippen LogP contribution is -2.13. The number of alkyl halides is 2. The van der Waals surface area contributed by atoms with Gasteiger partial charge in [0.05, 0.1) is 4.90 Å². The van der Waals surface area contributed by atoms with Crippen molar-refractivity contribution in [3.63, 3.8) is 0 Å². The van der Waals surface area contributed by atoms with Gasteiger partial charge in [0.1, 0.15) is 5.75 Å². The lowest BCUT2D eigenvalue weighted by molar-refractivity contribution is -0.114. The van der Waals surface area contributed by atoms with Crippen molar-refractivity contribution in [3.8, 4) is 5.75 Å². The topological polar surface area (TPSA) is 84.5 Å². The third-order valence-electron chi connectivity index (χ3n) is 2.82. The predicted molar refractivity (Wildman–Crippen MR) is 84.6 cm³/mol. The Morgan fingerprint density at radius 3 is 2.04 bits per heavy atom. The molecule has 0 atom stereocenters. The SMILES string of the molecule is CC(=O)Nc1ccc(S(=O)(=O)Nc2ccc(OC(F)F)cc2)cc1. The number of anilines is 2. The number of rotatable bonds is 6. The highest BCUT2D eigenvalue weighted by molar-refractivity contribution is 7.92. The summed E-state index contributed by atoms with van der Waals surface area (Å²) in [5.74, 6) is -0.345. The number of carbonyl (C=O) groups excluding carboxylic acids is 1. The van der Waals surface area contributed by atoms with Gasteiger partial charge in [-0.25, -0.2) is 8.42 Å². The molecular formula is C15H14F2N2O4S. The largest absolute Gasteiger partial charge is 0.435 e. The van der Waals surface area contributed by atoms with E-state index >= 15 is 0 Å². The Balaban J connectivity index is 2.11. The zero-order chi connectivity index (χ0) is 17.7. The second kappa shape index (κ2) is 7.26. The van der Waals surface area contributed by atoms with Crippen molar-refractivity contribution in [1.82, 2.24) is 0 Å². The highest BCUT2D eigenvalue weighted by atomic mass is 32.2. The Morgan fingerprint density at radius 2 is 1.54 bits per heavy atom. The van der Waals surface area contributed by atoms with Crippen molar-refractivity contribution in [2.24, 2.45) is 0 Å². The van der Waals surface area contributed by atoms with Crippen LogP contribution in [0.25, 0.3) is 0 Å². The van der Waals surface area contributed by atoms with Crippen molar-refractivity contribution in [2.75, 3.05) is 10.0 Å². The number of carbonyl (C=O) groups is 1. The normalized spacial score (nSPS) is 11.2. The molecule has 0 spiro atoms. The number of nitrogens with one attached hydrogen (secondary N) is 2. The first-order valence-corrected chi connectivity index (χ1v) is 8.20. The molecule has 0 radical (unpaired) electrons. The lowest BCUT2D eigenvalue weighted by Gasteiger charge is -2.10. The van der Waals surface area contributed by atoms with E-state index in [2.05, 4.69) is 14.8 Å². The molecule has 24 heavy (non-hydrogen) atoms. The van der Waals surface area contributed by atoms with E-state index in [9.17, 15) is 22.0 Å². The summed E-state index contributed by atoms with van der Waals surface area (Å²) in [7, 11) is -3.85. The van der Waals surface area contributed by atoms with Gasteiger partial charge in [0.15, 0.2) is 0 Å². The van der Waals surface area contributed by atoms with Crippen LogP contribution in [-0.2, 0) is 14.8 Å². The minimum Gasteiger partial charge on any atom is -0.435 e. The smallest absolute Gasteiger partial charge is 0.387 e. The van der Waals surface area contributed by atoms with Crippen LogP contribution in [0, 0.1) is 0 Å². The standard InChI is InChI=1S/C15H14F2N2O4S/c1-10(20)18-11-4-8-14(9-5-11)24(21,22)19-12-2-6-13(7-3-12)23-15(16)17/h2-9,15,19H,1H3,(H,18,20). The molecule has 0 unspecified atom stereocenters.